The molecule has 0 unspecified atom stereocenters. The lowest BCUT2D eigenvalue weighted by molar-refractivity contribution is -0.142. The number of rotatable bonds is 8. The molecule has 0 aliphatic rings. The van der Waals surface area contributed by atoms with Crippen molar-refractivity contribution in [1.29, 1.82) is 0 Å². The molecule has 0 fully saturated rings. The van der Waals surface area contributed by atoms with E-state index >= 15 is 0 Å². The van der Waals surface area contributed by atoms with E-state index in [-0.39, 0.29) is 6.29 Å². The Balaban J connectivity index is 2.41. The molecule has 0 atom stereocenters. The van der Waals surface area contributed by atoms with Crippen LogP contribution in [0.1, 0.15) is 25.8 Å². The van der Waals surface area contributed by atoms with Crippen LogP contribution in [0.4, 0.5) is 0 Å². The highest BCUT2D eigenvalue weighted by atomic mass is 79.9. The van der Waals surface area contributed by atoms with Gasteiger partial charge < -0.3 is 14.2 Å². The maximum absolute atomic E-state index is 5.75. The third kappa shape index (κ3) is 5.38. The van der Waals surface area contributed by atoms with Gasteiger partial charge in [0.1, 0.15) is 5.75 Å². The first-order chi connectivity index (χ1) is 8.67. The van der Waals surface area contributed by atoms with Gasteiger partial charge in [0.15, 0.2) is 6.29 Å². The lowest BCUT2D eigenvalue weighted by Crippen LogP contribution is -2.20. The summed E-state index contributed by atoms with van der Waals surface area (Å²) in [5.41, 5.74) is 1.13. The van der Waals surface area contributed by atoms with Crippen LogP contribution >= 0.6 is 15.9 Å². The minimum absolute atomic E-state index is 0.174. The summed E-state index contributed by atoms with van der Waals surface area (Å²) in [5.74, 6) is 0.899. The third-order valence-corrected chi connectivity index (χ3v) is 2.96. The van der Waals surface area contributed by atoms with E-state index in [1.165, 1.54) is 0 Å². The van der Waals surface area contributed by atoms with Crippen molar-refractivity contribution in [3.8, 4) is 5.75 Å². The van der Waals surface area contributed by atoms with Crippen LogP contribution in [0.2, 0.25) is 0 Å². The molecule has 1 aromatic rings. The summed E-state index contributed by atoms with van der Waals surface area (Å²) in [5, 5.41) is 0. The molecule has 0 spiro atoms. The lowest BCUT2D eigenvalue weighted by atomic mass is 10.2. The van der Waals surface area contributed by atoms with Gasteiger partial charge in [0, 0.05) is 24.1 Å². The highest BCUT2D eigenvalue weighted by Gasteiger charge is 2.08. The largest absolute Gasteiger partial charge is 0.493 e. The van der Waals surface area contributed by atoms with E-state index in [1.807, 2.05) is 39.0 Å². The molecule has 1 aromatic carbocycles. The fourth-order valence-electron chi connectivity index (χ4n) is 1.58. The predicted molar refractivity (Wildman–Crippen MR) is 76.0 cm³/mol. The number of benzene rings is 1. The van der Waals surface area contributed by atoms with E-state index in [0.29, 0.717) is 19.8 Å². The van der Waals surface area contributed by atoms with Crippen LogP contribution in [0.15, 0.2) is 22.7 Å². The van der Waals surface area contributed by atoms with Crippen molar-refractivity contribution in [3.05, 3.63) is 28.2 Å². The van der Waals surface area contributed by atoms with Gasteiger partial charge in [-0.3, -0.25) is 0 Å². The maximum atomic E-state index is 5.75. The van der Waals surface area contributed by atoms with Gasteiger partial charge in [-0.1, -0.05) is 22.0 Å². The van der Waals surface area contributed by atoms with Crippen LogP contribution in [0.5, 0.6) is 5.75 Å². The summed E-state index contributed by atoms with van der Waals surface area (Å²) in [6.07, 6.45) is 0.556. The Bertz CT molecular complexity index is 349. The van der Waals surface area contributed by atoms with Crippen molar-refractivity contribution in [2.24, 2.45) is 0 Å². The second-order valence-electron chi connectivity index (χ2n) is 3.89. The molecule has 1 rings (SSSR count). The predicted octanol–water partition coefficient (Wildman–Crippen LogP) is 3.93. The molecule has 0 aliphatic carbocycles. The van der Waals surface area contributed by atoms with E-state index in [1.54, 1.807) is 0 Å². The second-order valence-corrected chi connectivity index (χ2v) is 4.80. The molecule has 0 heterocycles. The molecule has 0 amide bonds. The topological polar surface area (TPSA) is 27.7 Å². The summed E-state index contributed by atoms with van der Waals surface area (Å²) >= 11 is 3.44. The number of aryl methyl sites for hydroxylation is 1. The molecule has 102 valence electrons. The summed E-state index contributed by atoms with van der Waals surface area (Å²) in [6.45, 7) is 7.85. The second kappa shape index (κ2) is 8.51. The Hall–Kier alpha value is -0.580. The Labute approximate surface area is 118 Å². The van der Waals surface area contributed by atoms with Gasteiger partial charge in [-0.25, -0.2) is 0 Å². The van der Waals surface area contributed by atoms with Crippen molar-refractivity contribution in [2.75, 3.05) is 19.8 Å². The molecule has 18 heavy (non-hydrogen) atoms. The average molecular weight is 317 g/mol. The summed E-state index contributed by atoms with van der Waals surface area (Å²) in [4.78, 5) is 0. The van der Waals surface area contributed by atoms with Crippen molar-refractivity contribution in [2.45, 2.75) is 33.5 Å². The Kier molecular flexibility index (Phi) is 7.32. The van der Waals surface area contributed by atoms with Crippen LogP contribution in [-0.2, 0) is 9.47 Å². The van der Waals surface area contributed by atoms with Crippen LogP contribution in [-0.4, -0.2) is 26.1 Å². The van der Waals surface area contributed by atoms with Gasteiger partial charge in [0.05, 0.1) is 6.61 Å². The minimum Gasteiger partial charge on any atom is -0.493 e. The van der Waals surface area contributed by atoms with Crippen molar-refractivity contribution < 1.29 is 14.2 Å². The van der Waals surface area contributed by atoms with Gasteiger partial charge in [-0.05, 0) is 38.5 Å². The van der Waals surface area contributed by atoms with Crippen molar-refractivity contribution in [3.63, 3.8) is 0 Å². The molecule has 0 N–H and O–H groups in total. The van der Waals surface area contributed by atoms with Gasteiger partial charge in [-0.15, -0.1) is 0 Å². The third-order valence-electron chi connectivity index (χ3n) is 2.47. The van der Waals surface area contributed by atoms with Gasteiger partial charge in [0.25, 0.3) is 0 Å². The van der Waals surface area contributed by atoms with Crippen LogP contribution in [0, 0.1) is 6.92 Å². The van der Waals surface area contributed by atoms with Crippen LogP contribution in [0.3, 0.4) is 0 Å². The number of halogens is 1. The molecule has 0 saturated carbocycles. The molecule has 0 radical (unpaired) electrons. The highest BCUT2D eigenvalue weighted by molar-refractivity contribution is 9.10. The zero-order valence-corrected chi connectivity index (χ0v) is 12.8. The first-order valence-corrected chi connectivity index (χ1v) is 7.08. The molecule has 0 aromatic heterocycles. The van der Waals surface area contributed by atoms with E-state index in [0.717, 1.165) is 22.2 Å². The average Bonchev–Trinajstić information content (AvgIpc) is 2.34. The standard InChI is InChI=1S/C14H21BrO3/c1-4-16-14(17-5-2)8-9-18-13-10-12(15)7-6-11(13)3/h6-7,10,14H,4-5,8-9H2,1-3H3. The molecule has 4 heteroatoms. The summed E-state index contributed by atoms with van der Waals surface area (Å²) in [7, 11) is 0. The SMILES string of the molecule is CCOC(CCOc1cc(Br)ccc1C)OCC. The van der Waals surface area contributed by atoms with E-state index in [9.17, 15) is 0 Å². The highest BCUT2D eigenvalue weighted by Crippen LogP contribution is 2.23. The normalized spacial score (nSPS) is 10.9. The molecular weight excluding hydrogens is 296 g/mol. The maximum Gasteiger partial charge on any atom is 0.160 e. The van der Waals surface area contributed by atoms with Crippen LogP contribution in [0.25, 0.3) is 0 Å². The number of hydrogen-bond acceptors (Lipinski definition) is 3. The van der Waals surface area contributed by atoms with Crippen molar-refractivity contribution in [1.82, 2.24) is 0 Å². The minimum atomic E-state index is -0.174. The lowest BCUT2D eigenvalue weighted by Gasteiger charge is -2.17. The van der Waals surface area contributed by atoms with Gasteiger partial charge >= 0.3 is 0 Å². The van der Waals surface area contributed by atoms with E-state index in [4.69, 9.17) is 14.2 Å². The molecular formula is C14H21BrO3. The number of ether oxygens (including phenoxy) is 3. The zero-order chi connectivity index (χ0) is 13.4. The Morgan fingerprint density at radius 1 is 1.17 bits per heavy atom. The molecule has 0 saturated heterocycles. The van der Waals surface area contributed by atoms with Crippen molar-refractivity contribution >= 4 is 15.9 Å². The fourth-order valence-corrected chi connectivity index (χ4v) is 1.92. The van der Waals surface area contributed by atoms with Crippen LogP contribution < -0.4 is 4.74 Å². The zero-order valence-electron chi connectivity index (χ0n) is 11.2. The molecule has 3 nitrogen and oxygen atoms in total. The fraction of sp³-hybridized carbons (Fsp3) is 0.571. The summed E-state index contributed by atoms with van der Waals surface area (Å²) < 4.78 is 17.7. The first kappa shape index (κ1) is 15.5. The quantitative estimate of drug-likeness (QED) is 0.680. The monoisotopic (exact) mass is 316 g/mol. The Morgan fingerprint density at radius 2 is 1.83 bits per heavy atom. The number of hydrogen-bond donors (Lipinski definition) is 0. The van der Waals surface area contributed by atoms with E-state index in [2.05, 4.69) is 15.9 Å². The Morgan fingerprint density at radius 3 is 2.44 bits per heavy atom. The smallest absolute Gasteiger partial charge is 0.160 e. The summed E-state index contributed by atoms with van der Waals surface area (Å²) in [6, 6.07) is 6.01. The molecule has 0 bridgehead atoms. The first-order valence-electron chi connectivity index (χ1n) is 6.29. The van der Waals surface area contributed by atoms with E-state index < -0.39 is 0 Å². The van der Waals surface area contributed by atoms with Gasteiger partial charge in [0.2, 0.25) is 0 Å². The van der Waals surface area contributed by atoms with Gasteiger partial charge in [-0.2, -0.15) is 0 Å². The molecule has 0 aliphatic heterocycles.